The molecule has 0 saturated carbocycles. The molecule has 2 saturated heterocycles. The van der Waals surface area contributed by atoms with Crippen molar-refractivity contribution in [1.82, 2.24) is 14.1 Å². The summed E-state index contributed by atoms with van der Waals surface area (Å²) < 4.78 is 26.8. The summed E-state index contributed by atoms with van der Waals surface area (Å²) in [5.41, 5.74) is 0. The van der Waals surface area contributed by atoms with Crippen LogP contribution in [0, 0.1) is 0 Å². The van der Waals surface area contributed by atoms with E-state index in [1.165, 1.54) is 15.6 Å². The Morgan fingerprint density at radius 1 is 1.00 bits per heavy atom. The summed E-state index contributed by atoms with van der Waals surface area (Å²) >= 11 is 2.35. The number of thiophene rings is 1. The Morgan fingerprint density at radius 3 is 2.38 bits per heavy atom. The Labute approximate surface area is 194 Å². The molecule has 168 valence electrons. The summed E-state index contributed by atoms with van der Waals surface area (Å²) in [5.74, 6) is -0.594. The van der Waals surface area contributed by atoms with Crippen molar-refractivity contribution in [3.8, 4) is 0 Å². The molecular weight excluding hydrogens is 470 g/mol. The van der Waals surface area contributed by atoms with Gasteiger partial charge in [-0.15, -0.1) is 11.3 Å². The third-order valence-corrected chi connectivity index (χ3v) is 8.85. The number of amides is 3. The molecule has 0 radical (unpaired) electrons. The lowest BCUT2D eigenvalue weighted by atomic mass is 10.3. The maximum atomic E-state index is 12.7. The lowest BCUT2D eigenvalue weighted by molar-refractivity contribution is -0.133. The standard InChI is InChI=1S/C21H21N3O5S3/c25-19(8-9-24-20(26)18(31-21(24)27)15-16-5-4-14-30-16)22-10-12-23(13-11-22)32(28,29)17-6-2-1-3-7-17/h1-7,14-15H,8-13H2. The Bertz CT molecular complexity index is 1140. The van der Waals surface area contributed by atoms with Crippen molar-refractivity contribution in [3.05, 3.63) is 57.6 Å². The number of imide groups is 1. The number of thioether (sulfide) groups is 1. The molecule has 2 aliphatic heterocycles. The number of hydrogen-bond donors (Lipinski definition) is 0. The van der Waals surface area contributed by atoms with Crippen LogP contribution >= 0.6 is 23.1 Å². The van der Waals surface area contributed by atoms with Crippen molar-refractivity contribution in [2.45, 2.75) is 11.3 Å². The van der Waals surface area contributed by atoms with Crippen LogP contribution in [0.5, 0.6) is 0 Å². The smallest absolute Gasteiger partial charge is 0.293 e. The van der Waals surface area contributed by atoms with Crippen molar-refractivity contribution in [2.75, 3.05) is 32.7 Å². The predicted octanol–water partition coefficient (Wildman–Crippen LogP) is 2.71. The molecule has 2 fully saturated rings. The average Bonchev–Trinajstić information content (AvgIpc) is 3.41. The molecule has 11 heteroatoms. The first-order chi connectivity index (χ1) is 15.4. The molecule has 0 spiro atoms. The first-order valence-electron chi connectivity index (χ1n) is 9.98. The summed E-state index contributed by atoms with van der Waals surface area (Å²) in [4.78, 5) is 41.5. The van der Waals surface area contributed by atoms with Gasteiger partial charge < -0.3 is 4.90 Å². The van der Waals surface area contributed by atoms with E-state index in [-0.39, 0.29) is 61.1 Å². The van der Waals surface area contributed by atoms with E-state index in [1.54, 1.807) is 41.3 Å². The summed E-state index contributed by atoms with van der Waals surface area (Å²) in [7, 11) is -3.59. The number of carbonyl (C=O) groups is 3. The van der Waals surface area contributed by atoms with Gasteiger partial charge in [0.05, 0.1) is 9.80 Å². The molecule has 3 heterocycles. The SMILES string of the molecule is O=C(CCN1C(=O)SC(=Cc2cccs2)C1=O)N1CCN(S(=O)(=O)c2ccccc2)CC1. The zero-order valence-corrected chi connectivity index (χ0v) is 19.5. The van der Waals surface area contributed by atoms with E-state index >= 15 is 0 Å². The molecule has 0 aliphatic carbocycles. The molecule has 0 atom stereocenters. The van der Waals surface area contributed by atoms with Gasteiger partial charge >= 0.3 is 0 Å². The fourth-order valence-corrected chi connectivity index (χ4v) is 6.51. The van der Waals surface area contributed by atoms with Crippen LogP contribution in [0.15, 0.2) is 57.6 Å². The summed E-state index contributed by atoms with van der Waals surface area (Å²) in [6, 6.07) is 11.9. The zero-order chi connectivity index (χ0) is 22.7. The Kier molecular flexibility index (Phi) is 6.79. The van der Waals surface area contributed by atoms with Gasteiger partial charge in [-0.25, -0.2) is 8.42 Å². The number of piperazine rings is 1. The van der Waals surface area contributed by atoms with E-state index in [2.05, 4.69) is 0 Å². The first-order valence-corrected chi connectivity index (χ1v) is 13.1. The van der Waals surface area contributed by atoms with Gasteiger partial charge in [-0.05, 0) is 41.4 Å². The molecule has 0 N–H and O–H groups in total. The van der Waals surface area contributed by atoms with Gasteiger partial charge in [-0.1, -0.05) is 24.3 Å². The molecule has 3 amide bonds. The van der Waals surface area contributed by atoms with Gasteiger partial charge in [0, 0.05) is 44.0 Å². The van der Waals surface area contributed by atoms with Gasteiger partial charge in [-0.3, -0.25) is 19.3 Å². The predicted molar refractivity (Wildman–Crippen MR) is 123 cm³/mol. The van der Waals surface area contributed by atoms with Gasteiger partial charge in [0.15, 0.2) is 0 Å². The number of rotatable bonds is 6. The number of hydrogen-bond acceptors (Lipinski definition) is 7. The van der Waals surface area contributed by atoms with Gasteiger partial charge in [0.25, 0.3) is 11.1 Å². The summed E-state index contributed by atoms with van der Waals surface area (Å²) in [6.07, 6.45) is 1.69. The maximum absolute atomic E-state index is 12.7. The molecular formula is C21H21N3O5S3. The summed E-state index contributed by atoms with van der Waals surface area (Å²) in [5, 5.41) is 1.50. The number of sulfonamides is 1. The van der Waals surface area contributed by atoms with E-state index in [9.17, 15) is 22.8 Å². The van der Waals surface area contributed by atoms with Gasteiger partial charge in [0.2, 0.25) is 15.9 Å². The summed E-state index contributed by atoms with van der Waals surface area (Å²) in [6.45, 7) is 0.951. The number of nitrogens with zero attached hydrogens (tertiary/aromatic N) is 3. The lowest BCUT2D eigenvalue weighted by Crippen LogP contribution is -2.51. The van der Waals surface area contributed by atoms with E-state index in [1.807, 2.05) is 17.5 Å². The molecule has 32 heavy (non-hydrogen) atoms. The van der Waals surface area contributed by atoms with Crippen LogP contribution in [0.4, 0.5) is 4.79 Å². The van der Waals surface area contributed by atoms with Crippen molar-refractivity contribution in [3.63, 3.8) is 0 Å². The minimum Gasteiger partial charge on any atom is -0.340 e. The van der Waals surface area contributed by atoms with Crippen molar-refractivity contribution in [1.29, 1.82) is 0 Å². The van der Waals surface area contributed by atoms with Crippen LogP contribution in [0.3, 0.4) is 0 Å². The largest absolute Gasteiger partial charge is 0.340 e. The van der Waals surface area contributed by atoms with E-state index < -0.39 is 10.0 Å². The third-order valence-electron chi connectivity index (χ3n) is 5.21. The van der Waals surface area contributed by atoms with Crippen LogP contribution in [-0.4, -0.2) is 72.3 Å². The van der Waals surface area contributed by atoms with Crippen LogP contribution in [-0.2, 0) is 19.6 Å². The normalized spacial score (nSPS) is 19.2. The monoisotopic (exact) mass is 491 g/mol. The Hall–Kier alpha value is -2.47. The van der Waals surface area contributed by atoms with Gasteiger partial charge in [0.1, 0.15) is 0 Å². The molecule has 0 bridgehead atoms. The zero-order valence-electron chi connectivity index (χ0n) is 17.0. The highest BCUT2D eigenvalue weighted by Crippen LogP contribution is 2.33. The maximum Gasteiger partial charge on any atom is 0.293 e. The second-order valence-corrected chi connectivity index (χ2v) is 11.1. The van der Waals surface area contributed by atoms with E-state index in [4.69, 9.17) is 0 Å². The van der Waals surface area contributed by atoms with E-state index in [0.717, 1.165) is 21.5 Å². The number of carbonyl (C=O) groups excluding carboxylic acids is 3. The Balaban J connectivity index is 1.30. The van der Waals surface area contributed by atoms with E-state index in [0.29, 0.717) is 4.91 Å². The molecule has 2 aromatic rings. The van der Waals surface area contributed by atoms with Gasteiger partial charge in [-0.2, -0.15) is 4.31 Å². The van der Waals surface area contributed by atoms with Crippen LogP contribution in [0.2, 0.25) is 0 Å². The topological polar surface area (TPSA) is 95.1 Å². The second-order valence-electron chi connectivity index (χ2n) is 7.20. The van der Waals surface area contributed by atoms with Crippen LogP contribution in [0.1, 0.15) is 11.3 Å². The highest BCUT2D eigenvalue weighted by molar-refractivity contribution is 8.18. The number of benzene rings is 1. The Morgan fingerprint density at radius 2 is 1.72 bits per heavy atom. The fraction of sp³-hybridized carbons (Fsp3) is 0.286. The second kappa shape index (κ2) is 9.57. The minimum atomic E-state index is -3.59. The van der Waals surface area contributed by atoms with Crippen molar-refractivity contribution >= 4 is 56.3 Å². The lowest BCUT2D eigenvalue weighted by Gasteiger charge is -2.34. The molecule has 2 aliphatic rings. The van der Waals surface area contributed by atoms with Crippen LogP contribution in [0.25, 0.3) is 6.08 Å². The highest BCUT2D eigenvalue weighted by Gasteiger charge is 2.36. The fourth-order valence-electron chi connectivity index (χ4n) is 3.48. The minimum absolute atomic E-state index is 0.00775. The molecule has 4 rings (SSSR count). The quantitative estimate of drug-likeness (QED) is 0.577. The molecule has 1 aromatic carbocycles. The van der Waals surface area contributed by atoms with Crippen molar-refractivity contribution < 1.29 is 22.8 Å². The highest BCUT2D eigenvalue weighted by atomic mass is 32.2. The molecule has 8 nitrogen and oxygen atoms in total. The molecule has 1 aromatic heterocycles. The van der Waals surface area contributed by atoms with Crippen LogP contribution < -0.4 is 0 Å². The average molecular weight is 492 g/mol. The van der Waals surface area contributed by atoms with Crippen molar-refractivity contribution in [2.24, 2.45) is 0 Å². The first kappa shape index (κ1) is 22.7. The molecule has 0 unspecified atom stereocenters. The third kappa shape index (κ3) is 4.80.